The Labute approximate surface area is 139 Å². The highest BCUT2D eigenvalue weighted by Gasteiger charge is 2.25. The van der Waals surface area contributed by atoms with Crippen molar-refractivity contribution in [3.8, 4) is 5.75 Å². The summed E-state index contributed by atoms with van der Waals surface area (Å²) in [5.74, 6) is -0.149. The number of ether oxygens (including phenoxy) is 1. The number of anilines is 1. The van der Waals surface area contributed by atoms with Gasteiger partial charge in [-0.2, -0.15) is 0 Å². The van der Waals surface area contributed by atoms with Crippen LogP contribution < -0.4 is 15.0 Å². The molecule has 0 fully saturated rings. The lowest BCUT2D eigenvalue weighted by Gasteiger charge is -2.29. The highest BCUT2D eigenvalue weighted by molar-refractivity contribution is 5.98. The van der Waals surface area contributed by atoms with E-state index in [4.69, 9.17) is 4.74 Å². The van der Waals surface area contributed by atoms with Gasteiger partial charge in [0, 0.05) is 25.1 Å². The molecule has 2 amide bonds. The van der Waals surface area contributed by atoms with Gasteiger partial charge in [-0.1, -0.05) is 30.3 Å². The lowest BCUT2D eigenvalue weighted by Crippen LogP contribution is -2.41. The minimum atomic E-state index is -0.352. The lowest BCUT2D eigenvalue weighted by atomic mass is 10.2. The summed E-state index contributed by atoms with van der Waals surface area (Å²) < 4.78 is 18.9. The zero-order valence-corrected chi connectivity index (χ0v) is 13.0. The Morgan fingerprint density at radius 1 is 1.17 bits per heavy atom. The number of nitrogens with zero attached hydrogens (tertiary/aromatic N) is 1. The maximum absolute atomic E-state index is 13.5. The maximum atomic E-state index is 13.5. The summed E-state index contributed by atoms with van der Waals surface area (Å²) in [7, 11) is 0. The van der Waals surface area contributed by atoms with Crippen LogP contribution in [0.2, 0.25) is 0 Å². The number of halogens is 1. The van der Waals surface area contributed by atoms with Crippen LogP contribution in [0, 0.1) is 5.82 Å². The zero-order valence-electron chi connectivity index (χ0n) is 13.0. The second-order valence-corrected chi connectivity index (χ2v) is 5.42. The van der Waals surface area contributed by atoms with Crippen LogP contribution in [0.25, 0.3) is 0 Å². The summed E-state index contributed by atoms with van der Waals surface area (Å²) in [6, 6.07) is 13.5. The molecule has 0 aliphatic carbocycles. The summed E-state index contributed by atoms with van der Waals surface area (Å²) >= 11 is 0. The van der Waals surface area contributed by atoms with Gasteiger partial charge >= 0.3 is 0 Å². The Balaban J connectivity index is 1.57. The van der Waals surface area contributed by atoms with Crippen LogP contribution in [0.3, 0.4) is 0 Å². The average molecular weight is 328 g/mol. The second-order valence-electron chi connectivity index (χ2n) is 5.42. The first-order valence-electron chi connectivity index (χ1n) is 7.67. The molecule has 2 aromatic carbocycles. The molecule has 24 heavy (non-hydrogen) atoms. The van der Waals surface area contributed by atoms with Gasteiger partial charge < -0.3 is 15.0 Å². The van der Waals surface area contributed by atoms with Gasteiger partial charge in [0.2, 0.25) is 5.91 Å². The van der Waals surface area contributed by atoms with Crippen LogP contribution in [0.5, 0.6) is 5.75 Å². The van der Waals surface area contributed by atoms with Crippen molar-refractivity contribution in [3.05, 3.63) is 59.9 Å². The third-order valence-corrected chi connectivity index (χ3v) is 3.80. The number of benzene rings is 2. The fraction of sp³-hybridized carbons (Fsp3) is 0.222. The van der Waals surface area contributed by atoms with Gasteiger partial charge in [-0.15, -0.1) is 0 Å². The van der Waals surface area contributed by atoms with Crippen LogP contribution in [-0.2, 0) is 16.1 Å². The van der Waals surface area contributed by atoms with Crippen LogP contribution in [0.15, 0.2) is 48.5 Å². The molecule has 0 bridgehead atoms. The van der Waals surface area contributed by atoms with Crippen molar-refractivity contribution < 1.29 is 18.7 Å². The first-order chi connectivity index (χ1) is 11.6. The molecule has 5 nitrogen and oxygen atoms in total. The molecule has 0 radical (unpaired) electrons. The van der Waals surface area contributed by atoms with Gasteiger partial charge in [0.15, 0.2) is 6.61 Å². The van der Waals surface area contributed by atoms with Crippen LogP contribution in [-0.4, -0.2) is 25.0 Å². The molecule has 0 spiro atoms. The second kappa shape index (κ2) is 7.12. The summed E-state index contributed by atoms with van der Waals surface area (Å²) in [5.41, 5.74) is 1.09. The summed E-state index contributed by atoms with van der Waals surface area (Å²) in [4.78, 5) is 25.5. The number of para-hydroxylation sites is 2. The first-order valence-corrected chi connectivity index (χ1v) is 7.67. The third-order valence-electron chi connectivity index (χ3n) is 3.80. The molecule has 0 atom stereocenters. The van der Waals surface area contributed by atoms with E-state index < -0.39 is 0 Å². The largest absolute Gasteiger partial charge is 0.482 e. The van der Waals surface area contributed by atoms with Crippen molar-refractivity contribution >= 4 is 17.5 Å². The highest BCUT2D eigenvalue weighted by Crippen LogP contribution is 2.31. The van der Waals surface area contributed by atoms with Gasteiger partial charge in [0.05, 0.1) is 5.69 Å². The van der Waals surface area contributed by atoms with E-state index in [-0.39, 0.29) is 43.7 Å². The number of amides is 2. The van der Waals surface area contributed by atoms with E-state index in [0.717, 1.165) is 0 Å². The zero-order chi connectivity index (χ0) is 16.9. The standard InChI is InChI=1S/C18H17FN2O3/c19-14-6-2-1-5-13(14)11-20-17(22)9-10-21-15-7-3-4-8-16(15)24-12-18(21)23/h1-8H,9-12H2,(H,20,22). The van der Waals surface area contributed by atoms with Crippen LogP contribution >= 0.6 is 0 Å². The molecule has 0 unspecified atom stereocenters. The van der Waals surface area contributed by atoms with Gasteiger partial charge in [-0.3, -0.25) is 9.59 Å². The van der Waals surface area contributed by atoms with Gasteiger partial charge in [0.1, 0.15) is 11.6 Å². The number of rotatable bonds is 5. The Morgan fingerprint density at radius 2 is 1.92 bits per heavy atom. The van der Waals surface area contributed by atoms with Gasteiger partial charge in [0.25, 0.3) is 5.91 Å². The normalized spacial score (nSPS) is 13.2. The quantitative estimate of drug-likeness (QED) is 0.916. The van der Waals surface area contributed by atoms with E-state index in [2.05, 4.69) is 5.32 Å². The number of fused-ring (bicyclic) bond motifs is 1. The predicted molar refractivity (Wildman–Crippen MR) is 87.2 cm³/mol. The third kappa shape index (κ3) is 3.53. The minimum Gasteiger partial charge on any atom is -0.482 e. The summed E-state index contributed by atoms with van der Waals surface area (Å²) in [6.45, 7) is 0.343. The van der Waals surface area contributed by atoms with E-state index in [1.165, 1.54) is 6.07 Å². The Kier molecular flexibility index (Phi) is 4.74. The smallest absolute Gasteiger partial charge is 0.265 e. The molecular formula is C18H17FN2O3. The molecule has 124 valence electrons. The van der Waals surface area contributed by atoms with Crippen LogP contribution in [0.1, 0.15) is 12.0 Å². The highest BCUT2D eigenvalue weighted by atomic mass is 19.1. The van der Waals surface area contributed by atoms with Crippen LogP contribution in [0.4, 0.5) is 10.1 Å². The van der Waals surface area contributed by atoms with E-state index in [1.54, 1.807) is 35.2 Å². The number of hydrogen-bond acceptors (Lipinski definition) is 3. The fourth-order valence-electron chi connectivity index (χ4n) is 2.54. The molecule has 2 aromatic rings. The number of carbonyl (C=O) groups excluding carboxylic acids is 2. The van der Waals surface area contributed by atoms with Crippen molar-refractivity contribution in [2.24, 2.45) is 0 Å². The molecule has 0 aromatic heterocycles. The Hall–Kier alpha value is -2.89. The van der Waals surface area contributed by atoms with E-state index in [1.807, 2.05) is 12.1 Å². The van der Waals surface area contributed by atoms with Gasteiger partial charge in [-0.25, -0.2) is 4.39 Å². The van der Waals surface area contributed by atoms with Crippen molar-refractivity contribution in [1.29, 1.82) is 0 Å². The Bertz CT molecular complexity index is 763. The summed E-state index contributed by atoms with van der Waals surface area (Å²) in [6.07, 6.45) is 0.133. The molecule has 3 rings (SSSR count). The lowest BCUT2D eigenvalue weighted by molar-refractivity contribution is -0.122. The molecule has 6 heteroatoms. The molecular weight excluding hydrogens is 311 g/mol. The van der Waals surface area contributed by atoms with Crippen molar-refractivity contribution in [2.45, 2.75) is 13.0 Å². The topological polar surface area (TPSA) is 58.6 Å². The SMILES string of the molecule is O=C(CCN1C(=O)COc2ccccc21)NCc1ccccc1F. The van der Waals surface area contributed by atoms with Crippen molar-refractivity contribution in [3.63, 3.8) is 0 Å². The molecule has 1 aliphatic heterocycles. The molecule has 1 N–H and O–H groups in total. The minimum absolute atomic E-state index is 0.0339. The van der Waals surface area contributed by atoms with Crippen molar-refractivity contribution in [1.82, 2.24) is 5.32 Å². The maximum Gasteiger partial charge on any atom is 0.265 e. The average Bonchev–Trinajstić information content (AvgIpc) is 2.60. The predicted octanol–water partition coefficient (Wildman–Crippen LogP) is 2.26. The van der Waals surface area contributed by atoms with E-state index >= 15 is 0 Å². The number of carbonyl (C=O) groups is 2. The van der Waals surface area contributed by atoms with E-state index in [9.17, 15) is 14.0 Å². The number of hydrogen-bond donors (Lipinski definition) is 1. The molecule has 1 heterocycles. The number of nitrogens with one attached hydrogen (secondary N) is 1. The Morgan fingerprint density at radius 3 is 2.75 bits per heavy atom. The molecule has 0 saturated carbocycles. The molecule has 1 aliphatic rings. The molecule has 0 saturated heterocycles. The van der Waals surface area contributed by atoms with E-state index in [0.29, 0.717) is 17.0 Å². The fourth-order valence-corrected chi connectivity index (χ4v) is 2.54. The first kappa shape index (κ1) is 16.0. The van der Waals surface area contributed by atoms with Crippen molar-refractivity contribution in [2.75, 3.05) is 18.1 Å². The monoisotopic (exact) mass is 328 g/mol. The van der Waals surface area contributed by atoms with Gasteiger partial charge in [-0.05, 0) is 18.2 Å². The summed E-state index contributed by atoms with van der Waals surface area (Å²) in [5, 5.41) is 2.67.